The summed E-state index contributed by atoms with van der Waals surface area (Å²) < 4.78 is 0. The second-order valence-electron chi connectivity index (χ2n) is 5.96. The Balaban J connectivity index is 2.45. The van der Waals surface area contributed by atoms with Crippen LogP contribution in [0.15, 0.2) is 24.3 Å². The van der Waals surface area contributed by atoms with Crippen LogP contribution in [0.4, 0.5) is 0 Å². The lowest BCUT2D eigenvalue weighted by atomic mass is 9.96. The van der Waals surface area contributed by atoms with Gasteiger partial charge >= 0.3 is 0 Å². The number of aryl methyl sites for hydroxylation is 6. The summed E-state index contributed by atoms with van der Waals surface area (Å²) in [5, 5.41) is 0. The molecule has 2 rings (SSSR count). The van der Waals surface area contributed by atoms with E-state index < -0.39 is 0 Å². The Morgan fingerprint density at radius 2 is 0.750 bits per heavy atom. The Morgan fingerprint density at radius 1 is 0.500 bits per heavy atom. The normalized spacial score (nSPS) is 11.3. The van der Waals surface area contributed by atoms with Crippen LogP contribution in [0.3, 0.4) is 0 Å². The third-order valence-corrected chi connectivity index (χ3v) is 3.89. The predicted octanol–water partition coefficient (Wildman–Crippen LogP) is 5.71. The van der Waals surface area contributed by atoms with Gasteiger partial charge in [0.15, 0.2) is 0 Å². The van der Waals surface area contributed by atoms with Crippen molar-refractivity contribution in [2.45, 2.75) is 41.5 Å². The monoisotopic (exact) mass is 264 g/mol. The minimum atomic E-state index is 1.33. The average molecular weight is 264 g/mol. The average Bonchev–Trinajstić information content (AvgIpc) is 2.30. The molecule has 0 radical (unpaired) electrons. The lowest BCUT2D eigenvalue weighted by Crippen LogP contribution is -1.90. The zero-order valence-corrected chi connectivity index (χ0v) is 13.5. The van der Waals surface area contributed by atoms with Gasteiger partial charge in [-0.3, -0.25) is 0 Å². The van der Waals surface area contributed by atoms with Gasteiger partial charge in [-0.05, 0) is 74.9 Å². The SMILES string of the molecule is Cc1cc(C)c(/C=C\c2c(C)cc(C)cc2C)c(C)c1. The van der Waals surface area contributed by atoms with E-state index in [1.54, 1.807) is 0 Å². The molecule has 0 amide bonds. The first-order chi connectivity index (χ1) is 9.38. The maximum absolute atomic E-state index is 2.26. The highest BCUT2D eigenvalue weighted by Crippen LogP contribution is 2.22. The Hall–Kier alpha value is -1.82. The Kier molecular flexibility index (Phi) is 4.13. The summed E-state index contributed by atoms with van der Waals surface area (Å²) in [4.78, 5) is 0. The van der Waals surface area contributed by atoms with E-state index in [1.807, 2.05) is 0 Å². The fourth-order valence-electron chi connectivity index (χ4n) is 3.07. The van der Waals surface area contributed by atoms with Gasteiger partial charge in [0.05, 0.1) is 0 Å². The lowest BCUT2D eigenvalue weighted by Gasteiger charge is -2.09. The van der Waals surface area contributed by atoms with Gasteiger partial charge in [-0.25, -0.2) is 0 Å². The van der Waals surface area contributed by atoms with Crippen molar-refractivity contribution < 1.29 is 0 Å². The van der Waals surface area contributed by atoms with E-state index >= 15 is 0 Å². The smallest absolute Gasteiger partial charge is 0.0198 e. The molecule has 0 spiro atoms. The molecule has 0 atom stereocenters. The van der Waals surface area contributed by atoms with Crippen LogP contribution in [0.25, 0.3) is 12.2 Å². The molecule has 0 N–H and O–H groups in total. The zero-order chi connectivity index (χ0) is 14.9. The van der Waals surface area contributed by atoms with Gasteiger partial charge in [-0.1, -0.05) is 47.5 Å². The number of hydrogen-bond donors (Lipinski definition) is 0. The van der Waals surface area contributed by atoms with Crippen molar-refractivity contribution in [2.75, 3.05) is 0 Å². The van der Waals surface area contributed by atoms with Crippen molar-refractivity contribution in [1.29, 1.82) is 0 Å². The molecule has 0 aromatic heterocycles. The molecular weight excluding hydrogens is 240 g/mol. The molecule has 0 bridgehead atoms. The van der Waals surface area contributed by atoms with Crippen LogP contribution in [-0.4, -0.2) is 0 Å². The van der Waals surface area contributed by atoms with Crippen molar-refractivity contribution in [3.8, 4) is 0 Å². The van der Waals surface area contributed by atoms with Gasteiger partial charge in [-0.15, -0.1) is 0 Å². The maximum Gasteiger partial charge on any atom is -0.0198 e. The summed E-state index contributed by atoms with van der Waals surface area (Å²) in [5.74, 6) is 0. The van der Waals surface area contributed by atoms with Crippen LogP contribution in [-0.2, 0) is 0 Å². The predicted molar refractivity (Wildman–Crippen MR) is 90.2 cm³/mol. The van der Waals surface area contributed by atoms with E-state index in [0.29, 0.717) is 0 Å². The molecule has 0 nitrogen and oxygen atoms in total. The van der Waals surface area contributed by atoms with Crippen LogP contribution in [0.5, 0.6) is 0 Å². The molecule has 0 unspecified atom stereocenters. The van der Waals surface area contributed by atoms with E-state index in [9.17, 15) is 0 Å². The standard InChI is InChI=1S/C20H24/c1-13-9-15(3)19(16(4)10-13)7-8-20-17(5)11-14(2)12-18(20)6/h7-12H,1-6H3/b8-7-. The van der Waals surface area contributed by atoms with Crippen molar-refractivity contribution in [3.63, 3.8) is 0 Å². The van der Waals surface area contributed by atoms with Crippen molar-refractivity contribution in [3.05, 3.63) is 68.8 Å². The first-order valence-electron chi connectivity index (χ1n) is 7.22. The quantitative estimate of drug-likeness (QED) is 0.610. The third-order valence-electron chi connectivity index (χ3n) is 3.89. The Morgan fingerprint density at radius 3 is 1.00 bits per heavy atom. The Bertz CT molecular complexity index is 567. The highest BCUT2D eigenvalue weighted by molar-refractivity contribution is 5.75. The fourth-order valence-corrected chi connectivity index (χ4v) is 3.07. The van der Waals surface area contributed by atoms with Gasteiger partial charge < -0.3 is 0 Å². The molecular formula is C20H24. The molecule has 0 fully saturated rings. The maximum atomic E-state index is 2.26. The number of hydrogen-bond acceptors (Lipinski definition) is 0. The van der Waals surface area contributed by atoms with E-state index in [1.165, 1.54) is 44.5 Å². The fraction of sp³-hybridized carbons (Fsp3) is 0.300. The van der Waals surface area contributed by atoms with Gasteiger partial charge in [0.25, 0.3) is 0 Å². The molecule has 0 aliphatic carbocycles. The molecule has 0 saturated carbocycles. The minimum Gasteiger partial charge on any atom is -0.0558 e. The van der Waals surface area contributed by atoms with Crippen molar-refractivity contribution in [2.24, 2.45) is 0 Å². The molecule has 2 aromatic rings. The van der Waals surface area contributed by atoms with Crippen molar-refractivity contribution >= 4 is 12.2 Å². The molecule has 2 aromatic carbocycles. The second kappa shape index (κ2) is 5.66. The highest BCUT2D eigenvalue weighted by atomic mass is 14.1. The van der Waals surface area contributed by atoms with Gasteiger partial charge in [0.1, 0.15) is 0 Å². The number of benzene rings is 2. The summed E-state index contributed by atoms with van der Waals surface area (Å²) in [7, 11) is 0. The highest BCUT2D eigenvalue weighted by Gasteiger charge is 2.03. The number of rotatable bonds is 2. The van der Waals surface area contributed by atoms with Crippen LogP contribution in [0, 0.1) is 41.5 Å². The topological polar surface area (TPSA) is 0 Å². The molecule has 0 aliphatic rings. The first kappa shape index (κ1) is 14.6. The summed E-state index contributed by atoms with van der Waals surface area (Å²) in [5.41, 5.74) is 10.7. The van der Waals surface area contributed by atoms with Gasteiger partial charge in [0, 0.05) is 0 Å². The van der Waals surface area contributed by atoms with E-state index in [4.69, 9.17) is 0 Å². The van der Waals surface area contributed by atoms with Crippen molar-refractivity contribution in [1.82, 2.24) is 0 Å². The molecule has 0 aliphatic heterocycles. The van der Waals surface area contributed by atoms with E-state index in [0.717, 1.165) is 0 Å². The third kappa shape index (κ3) is 3.01. The lowest BCUT2D eigenvalue weighted by molar-refractivity contribution is 1.29. The summed E-state index contributed by atoms with van der Waals surface area (Å²) in [6, 6.07) is 9.01. The van der Waals surface area contributed by atoms with Gasteiger partial charge in [-0.2, -0.15) is 0 Å². The van der Waals surface area contributed by atoms with Crippen LogP contribution in [0.1, 0.15) is 44.5 Å². The van der Waals surface area contributed by atoms with Crippen LogP contribution >= 0.6 is 0 Å². The molecule has 0 saturated heterocycles. The van der Waals surface area contributed by atoms with Crippen LogP contribution in [0.2, 0.25) is 0 Å². The van der Waals surface area contributed by atoms with E-state index in [-0.39, 0.29) is 0 Å². The minimum absolute atomic E-state index is 1.33. The summed E-state index contributed by atoms with van der Waals surface area (Å²) in [6.07, 6.45) is 4.52. The molecule has 0 heterocycles. The largest absolute Gasteiger partial charge is 0.0558 e. The molecule has 0 heteroatoms. The summed E-state index contributed by atoms with van der Waals surface area (Å²) in [6.45, 7) is 13.1. The second-order valence-corrected chi connectivity index (χ2v) is 5.96. The zero-order valence-electron chi connectivity index (χ0n) is 13.5. The Labute approximate surface area is 123 Å². The van der Waals surface area contributed by atoms with Crippen LogP contribution < -0.4 is 0 Å². The summed E-state index contributed by atoms with van der Waals surface area (Å²) >= 11 is 0. The van der Waals surface area contributed by atoms with E-state index in [2.05, 4.69) is 78.0 Å². The molecule has 20 heavy (non-hydrogen) atoms. The van der Waals surface area contributed by atoms with Gasteiger partial charge in [0.2, 0.25) is 0 Å². The molecule has 104 valence electrons. The first-order valence-corrected chi connectivity index (χ1v) is 7.22.